The average molecular weight is 479 g/mol. The average Bonchev–Trinajstić information content (AvgIpc) is 3.17. The van der Waals surface area contributed by atoms with Gasteiger partial charge in [-0.2, -0.15) is 0 Å². The Hall–Kier alpha value is -3.29. The number of benzene rings is 3. The third kappa shape index (κ3) is 5.56. The van der Waals surface area contributed by atoms with Crippen LogP contribution in [0.25, 0.3) is 0 Å². The van der Waals surface area contributed by atoms with E-state index in [1.807, 2.05) is 60.0 Å². The molecule has 8 heteroatoms. The molecule has 1 aromatic heterocycles. The van der Waals surface area contributed by atoms with E-state index in [0.29, 0.717) is 28.2 Å². The molecule has 1 unspecified atom stereocenters. The highest BCUT2D eigenvalue weighted by Gasteiger charge is 2.25. The van der Waals surface area contributed by atoms with Crippen molar-refractivity contribution >= 4 is 35.0 Å². The highest BCUT2D eigenvalue weighted by atomic mass is 35.5. The predicted octanol–water partition coefficient (Wildman–Crippen LogP) is 5.77. The molecule has 0 fully saturated rings. The molecule has 4 rings (SSSR count). The number of carbonyl (C=O) groups is 1. The van der Waals surface area contributed by atoms with E-state index in [1.165, 1.54) is 11.8 Å². The lowest BCUT2D eigenvalue weighted by Crippen LogP contribution is -2.19. The Balaban J connectivity index is 1.61. The van der Waals surface area contributed by atoms with Gasteiger partial charge < -0.3 is 14.6 Å². The number of halogens is 1. The first kappa shape index (κ1) is 22.9. The standard InChI is InChI=1S/C25H23ClN4O2S/c1-17-28-29-25(30(17)16-18-9-5-3-6-10-18)33-23(19-11-7-4-8-12-19)24(31)27-20-13-14-22(32-2)21(26)15-20/h3-15,23H,16H2,1-2H3,(H,27,31). The molecule has 1 N–H and O–H groups in total. The lowest BCUT2D eigenvalue weighted by Gasteiger charge is -2.18. The maximum absolute atomic E-state index is 13.4. The Morgan fingerprint density at radius 1 is 1.06 bits per heavy atom. The van der Waals surface area contributed by atoms with Gasteiger partial charge in [-0.25, -0.2) is 0 Å². The summed E-state index contributed by atoms with van der Waals surface area (Å²) in [5, 5.41) is 12.2. The van der Waals surface area contributed by atoms with Gasteiger partial charge in [0.1, 0.15) is 16.8 Å². The fourth-order valence-corrected chi connectivity index (χ4v) is 4.69. The van der Waals surface area contributed by atoms with Crippen molar-refractivity contribution in [2.24, 2.45) is 0 Å². The minimum atomic E-state index is -0.537. The SMILES string of the molecule is COc1ccc(NC(=O)C(Sc2nnc(C)n2Cc2ccccc2)c2ccccc2)cc1Cl. The number of thioether (sulfide) groups is 1. The van der Waals surface area contributed by atoms with Crippen LogP contribution >= 0.6 is 23.4 Å². The van der Waals surface area contributed by atoms with Gasteiger partial charge in [0.2, 0.25) is 5.91 Å². The van der Waals surface area contributed by atoms with Crippen molar-refractivity contribution in [3.05, 3.63) is 101 Å². The summed E-state index contributed by atoms with van der Waals surface area (Å²) in [4.78, 5) is 13.4. The van der Waals surface area contributed by atoms with Gasteiger partial charge >= 0.3 is 0 Å². The second-order valence-corrected chi connectivity index (χ2v) is 8.83. The summed E-state index contributed by atoms with van der Waals surface area (Å²) in [6.45, 7) is 2.54. The van der Waals surface area contributed by atoms with Gasteiger partial charge in [0.25, 0.3) is 0 Å². The van der Waals surface area contributed by atoms with Crippen LogP contribution < -0.4 is 10.1 Å². The molecule has 0 bridgehead atoms. The molecule has 0 saturated heterocycles. The zero-order valence-electron chi connectivity index (χ0n) is 18.2. The quantitative estimate of drug-likeness (QED) is 0.325. The van der Waals surface area contributed by atoms with Crippen LogP contribution in [0.15, 0.2) is 84.0 Å². The molecule has 0 aliphatic rings. The Labute approximate surface area is 202 Å². The van der Waals surface area contributed by atoms with Gasteiger partial charge in [-0.05, 0) is 36.2 Å². The van der Waals surface area contributed by atoms with Crippen molar-refractivity contribution in [1.82, 2.24) is 14.8 Å². The molecule has 6 nitrogen and oxygen atoms in total. The molecule has 0 aliphatic heterocycles. The normalized spacial score (nSPS) is 11.7. The largest absolute Gasteiger partial charge is 0.495 e. The van der Waals surface area contributed by atoms with Gasteiger partial charge in [0.15, 0.2) is 5.16 Å². The van der Waals surface area contributed by atoms with E-state index in [2.05, 4.69) is 27.6 Å². The number of amides is 1. The van der Waals surface area contributed by atoms with Crippen molar-refractivity contribution < 1.29 is 9.53 Å². The Morgan fingerprint density at radius 2 is 1.76 bits per heavy atom. The fourth-order valence-electron chi connectivity index (χ4n) is 3.35. The van der Waals surface area contributed by atoms with E-state index in [4.69, 9.17) is 16.3 Å². The molecule has 33 heavy (non-hydrogen) atoms. The van der Waals surface area contributed by atoms with Crippen LogP contribution in [-0.4, -0.2) is 27.8 Å². The van der Waals surface area contributed by atoms with Crippen LogP contribution in [-0.2, 0) is 11.3 Å². The molecule has 0 saturated carbocycles. The summed E-state index contributed by atoms with van der Waals surface area (Å²) in [5.74, 6) is 1.16. The van der Waals surface area contributed by atoms with Crippen LogP contribution in [0.1, 0.15) is 22.2 Å². The number of anilines is 1. The number of nitrogens with one attached hydrogen (secondary N) is 1. The first-order valence-electron chi connectivity index (χ1n) is 10.3. The second-order valence-electron chi connectivity index (χ2n) is 7.35. The number of methoxy groups -OCH3 is 1. The Bertz CT molecular complexity index is 1230. The molecule has 0 radical (unpaired) electrons. The van der Waals surface area contributed by atoms with E-state index in [-0.39, 0.29) is 5.91 Å². The third-order valence-electron chi connectivity index (χ3n) is 5.07. The summed E-state index contributed by atoms with van der Waals surface area (Å²) in [6.07, 6.45) is 0. The molecule has 0 spiro atoms. The lowest BCUT2D eigenvalue weighted by molar-refractivity contribution is -0.115. The highest BCUT2D eigenvalue weighted by molar-refractivity contribution is 8.00. The smallest absolute Gasteiger partial charge is 0.242 e. The predicted molar refractivity (Wildman–Crippen MR) is 132 cm³/mol. The molecule has 1 atom stereocenters. The van der Waals surface area contributed by atoms with Gasteiger partial charge in [-0.1, -0.05) is 84.0 Å². The summed E-state index contributed by atoms with van der Waals surface area (Å²) < 4.78 is 7.22. The van der Waals surface area contributed by atoms with E-state index >= 15 is 0 Å². The number of hydrogen-bond acceptors (Lipinski definition) is 5. The number of aryl methyl sites for hydroxylation is 1. The van der Waals surface area contributed by atoms with Gasteiger partial charge in [-0.3, -0.25) is 4.79 Å². The Morgan fingerprint density at radius 3 is 2.42 bits per heavy atom. The number of ether oxygens (including phenoxy) is 1. The number of nitrogens with zero attached hydrogens (tertiary/aromatic N) is 3. The molecule has 1 amide bonds. The lowest BCUT2D eigenvalue weighted by atomic mass is 10.1. The van der Waals surface area contributed by atoms with Crippen LogP contribution in [0.4, 0.5) is 5.69 Å². The van der Waals surface area contributed by atoms with Crippen LogP contribution in [0.2, 0.25) is 5.02 Å². The minimum Gasteiger partial charge on any atom is -0.495 e. The first-order chi connectivity index (χ1) is 16.0. The van der Waals surface area contributed by atoms with Crippen molar-refractivity contribution in [2.45, 2.75) is 23.9 Å². The van der Waals surface area contributed by atoms with E-state index in [9.17, 15) is 4.79 Å². The highest BCUT2D eigenvalue weighted by Crippen LogP contribution is 2.36. The van der Waals surface area contributed by atoms with Crippen molar-refractivity contribution in [2.75, 3.05) is 12.4 Å². The summed E-state index contributed by atoms with van der Waals surface area (Å²) in [6, 6.07) is 24.9. The summed E-state index contributed by atoms with van der Waals surface area (Å²) in [5.41, 5.74) is 2.59. The summed E-state index contributed by atoms with van der Waals surface area (Å²) >= 11 is 7.60. The van der Waals surface area contributed by atoms with Crippen LogP contribution in [0.5, 0.6) is 5.75 Å². The van der Waals surface area contributed by atoms with Gasteiger partial charge in [-0.15, -0.1) is 10.2 Å². The van der Waals surface area contributed by atoms with E-state index in [0.717, 1.165) is 17.0 Å². The topological polar surface area (TPSA) is 69.0 Å². The second kappa shape index (κ2) is 10.6. The van der Waals surface area contributed by atoms with E-state index in [1.54, 1.807) is 25.3 Å². The molecule has 4 aromatic rings. The molecule has 1 heterocycles. The number of aromatic nitrogens is 3. The molecule has 0 aliphatic carbocycles. The maximum atomic E-state index is 13.4. The van der Waals surface area contributed by atoms with Crippen LogP contribution in [0.3, 0.4) is 0 Å². The fraction of sp³-hybridized carbons (Fsp3) is 0.160. The minimum absolute atomic E-state index is 0.181. The van der Waals surface area contributed by atoms with Crippen molar-refractivity contribution in [3.8, 4) is 5.75 Å². The van der Waals surface area contributed by atoms with Gasteiger partial charge in [0, 0.05) is 5.69 Å². The number of hydrogen-bond donors (Lipinski definition) is 1. The maximum Gasteiger partial charge on any atom is 0.242 e. The van der Waals surface area contributed by atoms with Crippen molar-refractivity contribution in [1.29, 1.82) is 0 Å². The third-order valence-corrected chi connectivity index (χ3v) is 6.60. The molecule has 168 valence electrons. The number of rotatable bonds is 8. The molecular formula is C25H23ClN4O2S. The summed E-state index contributed by atoms with van der Waals surface area (Å²) in [7, 11) is 1.55. The monoisotopic (exact) mass is 478 g/mol. The molecular weight excluding hydrogens is 456 g/mol. The first-order valence-corrected chi connectivity index (χ1v) is 11.6. The Kier molecular flexibility index (Phi) is 7.32. The zero-order chi connectivity index (χ0) is 23.2. The molecule has 3 aromatic carbocycles. The van der Waals surface area contributed by atoms with Gasteiger partial charge in [0.05, 0.1) is 18.7 Å². The number of carbonyl (C=O) groups excluding carboxylic acids is 1. The van der Waals surface area contributed by atoms with Crippen LogP contribution in [0, 0.1) is 6.92 Å². The van der Waals surface area contributed by atoms with Crippen molar-refractivity contribution in [3.63, 3.8) is 0 Å². The zero-order valence-corrected chi connectivity index (χ0v) is 19.8. The van der Waals surface area contributed by atoms with E-state index < -0.39 is 5.25 Å².